The second kappa shape index (κ2) is 7.07. The van der Waals surface area contributed by atoms with Crippen LogP contribution in [0.3, 0.4) is 0 Å². The Kier molecular flexibility index (Phi) is 4.91. The molecular formula is C17H23NO3. The molecule has 4 nitrogen and oxygen atoms in total. The van der Waals surface area contributed by atoms with E-state index < -0.39 is 0 Å². The van der Waals surface area contributed by atoms with E-state index in [0.29, 0.717) is 0 Å². The minimum absolute atomic E-state index is 0.0972. The predicted molar refractivity (Wildman–Crippen MR) is 82.4 cm³/mol. The number of aliphatic hydroxyl groups is 1. The zero-order valence-corrected chi connectivity index (χ0v) is 12.3. The number of piperidine rings is 1. The largest absolute Gasteiger partial charge is 0.464 e. The number of furan rings is 1. The first-order valence-corrected chi connectivity index (χ1v) is 7.75. The molecule has 0 unspecified atom stereocenters. The Morgan fingerprint density at radius 1 is 1.19 bits per heavy atom. The lowest BCUT2D eigenvalue weighted by atomic mass is 10.1. The smallest absolute Gasteiger partial charge is 0.133 e. The zero-order chi connectivity index (χ0) is 14.5. The molecule has 0 radical (unpaired) electrons. The SMILES string of the molecule is OC1CCN(CCOCCc2ccc3occc3c2)CC1. The van der Waals surface area contributed by atoms with Crippen molar-refractivity contribution in [3.63, 3.8) is 0 Å². The van der Waals surface area contributed by atoms with Crippen LogP contribution in [0.15, 0.2) is 34.9 Å². The van der Waals surface area contributed by atoms with Gasteiger partial charge >= 0.3 is 0 Å². The van der Waals surface area contributed by atoms with Gasteiger partial charge in [-0.15, -0.1) is 0 Å². The summed E-state index contributed by atoms with van der Waals surface area (Å²) >= 11 is 0. The topological polar surface area (TPSA) is 45.8 Å². The molecule has 4 heteroatoms. The molecule has 21 heavy (non-hydrogen) atoms. The van der Waals surface area contributed by atoms with Gasteiger partial charge in [0.1, 0.15) is 5.58 Å². The molecule has 2 heterocycles. The van der Waals surface area contributed by atoms with Gasteiger partial charge in [0.25, 0.3) is 0 Å². The fraction of sp³-hybridized carbons (Fsp3) is 0.529. The Balaban J connectivity index is 1.34. The third-order valence-electron chi connectivity index (χ3n) is 4.16. The van der Waals surface area contributed by atoms with E-state index in [1.165, 1.54) is 5.56 Å². The van der Waals surface area contributed by atoms with E-state index in [1.54, 1.807) is 6.26 Å². The Hall–Kier alpha value is -1.36. The highest BCUT2D eigenvalue weighted by Gasteiger charge is 2.16. The van der Waals surface area contributed by atoms with Crippen molar-refractivity contribution < 1.29 is 14.3 Å². The molecule has 1 aliphatic rings. The summed E-state index contributed by atoms with van der Waals surface area (Å²) in [7, 11) is 0. The van der Waals surface area contributed by atoms with Gasteiger partial charge in [0.15, 0.2) is 0 Å². The van der Waals surface area contributed by atoms with Crippen LogP contribution in [0.25, 0.3) is 11.0 Å². The van der Waals surface area contributed by atoms with E-state index in [2.05, 4.69) is 17.0 Å². The molecule has 1 aromatic carbocycles. The molecule has 0 atom stereocenters. The van der Waals surface area contributed by atoms with Crippen LogP contribution in [0.1, 0.15) is 18.4 Å². The van der Waals surface area contributed by atoms with Crippen molar-refractivity contribution in [3.8, 4) is 0 Å². The number of likely N-dealkylation sites (tertiary alicyclic amines) is 1. The van der Waals surface area contributed by atoms with Crippen LogP contribution in [0.4, 0.5) is 0 Å². The molecule has 1 saturated heterocycles. The average Bonchev–Trinajstić information content (AvgIpc) is 2.96. The summed E-state index contributed by atoms with van der Waals surface area (Å²) in [5, 5.41) is 10.6. The van der Waals surface area contributed by atoms with Crippen molar-refractivity contribution in [2.45, 2.75) is 25.4 Å². The second-order valence-electron chi connectivity index (χ2n) is 5.73. The van der Waals surface area contributed by atoms with Crippen molar-refractivity contribution in [2.75, 3.05) is 32.8 Å². The third kappa shape index (κ3) is 4.06. The van der Waals surface area contributed by atoms with E-state index in [4.69, 9.17) is 9.15 Å². The average molecular weight is 289 g/mol. The molecule has 2 aromatic rings. The van der Waals surface area contributed by atoms with E-state index >= 15 is 0 Å². The minimum atomic E-state index is -0.0972. The standard InChI is InChI=1S/C17H23NO3/c19-16-3-7-18(8-4-16)9-12-20-10-5-14-1-2-17-15(13-14)6-11-21-17/h1-2,6,11,13,16,19H,3-5,7-10,12H2. The fourth-order valence-electron chi connectivity index (χ4n) is 2.80. The molecule has 1 N–H and O–H groups in total. The molecule has 1 aromatic heterocycles. The van der Waals surface area contributed by atoms with Gasteiger partial charge < -0.3 is 19.2 Å². The molecule has 0 bridgehead atoms. The Labute approximate surface area is 125 Å². The van der Waals surface area contributed by atoms with Gasteiger partial charge in [-0.3, -0.25) is 0 Å². The summed E-state index contributed by atoms with van der Waals surface area (Å²) in [6, 6.07) is 8.27. The number of benzene rings is 1. The lowest BCUT2D eigenvalue weighted by Crippen LogP contribution is -2.37. The number of aliphatic hydroxyl groups excluding tert-OH is 1. The van der Waals surface area contributed by atoms with Gasteiger partial charge in [-0.1, -0.05) is 6.07 Å². The van der Waals surface area contributed by atoms with Gasteiger partial charge in [0.2, 0.25) is 0 Å². The molecule has 1 fully saturated rings. The fourth-order valence-corrected chi connectivity index (χ4v) is 2.80. The van der Waals surface area contributed by atoms with Crippen molar-refractivity contribution in [1.29, 1.82) is 0 Å². The molecule has 1 aliphatic heterocycles. The van der Waals surface area contributed by atoms with Crippen LogP contribution in [0.5, 0.6) is 0 Å². The Morgan fingerprint density at radius 2 is 2.05 bits per heavy atom. The van der Waals surface area contributed by atoms with Crippen molar-refractivity contribution in [1.82, 2.24) is 4.90 Å². The van der Waals surface area contributed by atoms with E-state index in [-0.39, 0.29) is 6.10 Å². The second-order valence-corrected chi connectivity index (χ2v) is 5.73. The van der Waals surface area contributed by atoms with Crippen molar-refractivity contribution >= 4 is 11.0 Å². The minimum Gasteiger partial charge on any atom is -0.464 e. The number of ether oxygens (including phenoxy) is 1. The summed E-state index contributed by atoms with van der Waals surface area (Å²) in [4.78, 5) is 2.37. The van der Waals surface area contributed by atoms with Gasteiger partial charge in [-0.05, 0) is 43.0 Å². The normalized spacial score (nSPS) is 17.6. The Morgan fingerprint density at radius 3 is 2.90 bits per heavy atom. The molecule has 0 saturated carbocycles. The van der Waals surface area contributed by atoms with Gasteiger partial charge in [0.05, 0.1) is 25.6 Å². The van der Waals surface area contributed by atoms with Crippen LogP contribution in [-0.4, -0.2) is 49.0 Å². The molecule has 3 rings (SSSR count). The van der Waals surface area contributed by atoms with Crippen molar-refractivity contribution in [2.24, 2.45) is 0 Å². The third-order valence-corrected chi connectivity index (χ3v) is 4.16. The monoisotopic (exact) mass is 289 g/mol. The van der Waals surface area contributed by atoms with Crippen LogP contribution in [0.2, 0.25) is 0 Å². The van der Waals surface area contributed by atoms with Crippen LogP contribution >= 0.6 is 0 Å². The first-order chi connectivity index (χ1) is 10.3. The number of nitrogens with zero attached hydrogens (tertiary/aromatic N) is 1. The lowest BCUT2D eigenvalue weighted by molar-refractivity contribution is 0.0564. The summed E-state index contributed by atoms with van der Waals surface area (Å²) in [6.45, 7) is 4.46. The maximum absolute atomic E-state index is 9.46. The number of hydrogen-bond acceptors (Lipinski definition) is 4. The highest BCUT2D eigenvalue weighted by Crippen LogP contribution is 2.17. The van der Waals surface area contributed by atoms with Gasteiger partial charge in [-0.25, -0.2) is 0 Å². The first-order valence-electron chi connectivity index (χ1n) is 7.75. The van der Waals surface area contributed by atoms with Crippen LogP contribution in [0, 0.1) is 0 Å². The summed E-state index contributed by atoms with van der Waals surface area (Å²) in [5.74, 6) is 0. The zero-order valence-electron chi connectivity index (χ0n) is 12.3. The quantitative estimate of drug-likeness (QED) is 0.830. The maximum atomic E-state index is 9.46. The lowest BCUT2D eigenvalue weighted by Gasteiger charge is -2.29. The molecule has 114 valence electrons. The van der Waals surface area contributed by atoms with Crippen LogP contribution < -0.4 is 0 Å². The highest BCUT2D eigenvalue weighted by atomic mass is 16.5. The van der Waals surface area contributed by atoms with Crippen LogP contribution in [-0.2, 0) is 11.2 Å². The highest BCUT2D eigenvalue weighted by molar-refractivity contribution is 5.77. The molecule has 0 aliphatic carbocycles. The number of hydrogen-bond donors (Lipinski definition) is 1. The molecular weight excluding hydrogens is 266 g/mol. The van der Waals surface area contributed by atoms with E-state index in [9.17, 15) is 5.11 Å². The number of fused-ring (bicyclic) bond motifs is 1. The van der Waals surface area contributed by atoms with Gasteiger partial charge in [0, 0.05) is 25.0 Å². The first kappa shape index (κ1) is 14.6. The summed E-state index contributed by atoms with van der Waals surface area (Å²) < 4.78 is 11.1. The van der Waals surface area contributed by atoms with E-state index in [0.717, 1.165) is 63.1 Å². The molecule has 0 spiro atoms. The molecule has 0 amide bonds. The maximum Gasteiger partial charge on any atom is 0.133 e. The number of rotatable bonds is 6. The van der Waals surface area contributed by atoms with Gasteiger partial charge in [-0.2, -0.15) is 0 Å². The summed E-state index contributed by atoms with van der Waals surface area (Å²) in [6.07, 6.45) is 4.34. The van der Waals surface area contributed by atoms with Crippen molar-refractivity contribution in [3.05, 3.63) is 36.1 Å². The summed E-state index contributed by atoms with van der Waals surface area (Å²) in [5.41, 5.74) is 2.22. The Bertz CT molecular complexity index is 558. The predicted octanol–water partition coefficient (Wildman–Crippen LogP) is 2.45. The van der Waals surface area contributed by atoms with E-state index in [1.807, 2.05) is 12.1 Å².